The summed E-state index contributed by atoms with van der Waals surface area (Å²) < 4.78 is -0.569. The summed E-state index contributed by atoms with van der Waals surface area (Å²) in [7, 11) is 0. The van der Waals surface area contributed by atoms with E-state index in [0.29, 0.717) is 30.8 Å². The first kappa shape index (κ1) is 27.2. The monoisotopic (exact) mass is 532 g/mol. The molecule has 0 saturated heterocycles. The fourth-order valence-electron chi connectivity index (χ4n) is 7.22. The number of nitrogens with zero attached hydrogens (tertiary/aromatic N) is 2. The molecule has 0 heterocycles. The molecule has 0 unspecified atom stereocenters. The Morgan fingerprint density at radius 3 is 2.21 bits per heavy atom. The van der Waals surface area contributed by atoms with Crippen LogP contribution in [-0.2, 0) is 14.4 Å². The fraction of sp³-hybridized carbons (Fsp3) is 0.786. The first-order chi connectivity index (χ1) is 15.8. The second-order valence-corrected chi connectivity index (χ2v) is 13.1. The highest BCUT2D eigenvalue weighted by Gasteiger charge is 2.69. The molecule has 0 bridgehead atoms. The van der Waals surface area contributed by atoms with Crippen LogP contribution in [0, 0.1) is 28.6 Å². The number of Topliss-reactive ketones (excluding diaryl/α,β-unsaturated/α-hetero) is 2. The van der Waals surface area contributed by atoms with Crippen molar-refractivity contribution in [1.29, 1.82) is 0 Å². The van der Waals surface area contributed by atoms with Gasteiger partial charge in [0, 0.05) is 24.2 Å². The van der Waals surface area contributed by atoms with E-state index in [-0.39, 0.29) is 40.0 Å². The third-order valence-electron chi connectivity index (χ3n) is 8.92. The molecule has 0 radical (unpaired) electrons. The molecule has 0 aromatic heterocycles. The van der Waals surface area contributed by atoms with Crippen molar-refractivity contribution in [3.8, 4) is 0 Å². The van der Waals surface area contributed by atoms with E-state index in [1.54, 1.807) is 6.92 Å². The lowest BCUT2D eigenvalue weighted by Crippen LogP contribution is -2.64. The average Bonchev–Trinajstić information content (AvgIpc) is 3.06. The molecule has 6 atom stereocenters. The van der Waals surface area contributed by atoms with Gasteiger partial charge in [-0.25, -0.2) is 9.98 Å². The summed E-state index contributed by atoms with van der Waals surface area (Å²) in [4.78, 5) is 45.6. The highest BCUT2D eigenvalue weighted by atomic mass is 79.9. The van der Waals surface area contributed by atoms with Gasteiger partial charge in [-0.15, -0.1) is 0 Å². The van der Waals surface area contributed by atoms with Crippen molar-refractivity contribution in [2.75, 3.05) is 0 Å². The van der Waals surface area contributed by atoms with Crippen molar-refractivity contribution in [3.05, 3.63) is 11.6 Å². The van der Waals surface area contributed by atoms with Crippen LogP contribution in [0.3, 0.4) is 0 Å². The summed E-state index contributed by atoms with van der Waals surface area (Å²) in [6, 6.07) is 3.26. The Bertz CT molecular complexity index is 935. The van der Waals surface area contributed by atoms with Gasteiger partial charge in [0.15, 0.2) is 11.6 Å². The van der Waals surface area contributed by atoms with Crippen LogP contribution >= 0.6 is 15.9 Å². The highest BCUT2D eigenvalue weighted by molar-refractivity contribution is 9.10. The number of hydrogen-bond acceptors (Lipinski definition) is 5. The second-order valence-electron chi connectivity index (χ2n) is 11.8. The molecule has 3 fully saturated rings. The van der Waals surface area contributed by atoms with Gasteiger partial charge in [0.05, 0.1) is 22.4 Å². The third kappa shape index (κ3) is 4.57. The molecule has 5 nitrogen and oxygen atoms in total. The van der Waals surface area contributed by atoms with Crippen LogP contribution in [0.15, 0.2) is 21.6 Å². The van der Waals surface area contributed by atoms with Crippen LogP contribution in [0.1, 0.15) is 93.4 Å². The van der Waals surface area contributed by atoms with E-state index in [1.165, 1.54) is 0 Å². The second kappa shape index (κ2) is 9.93. The zero-order valence-corrected chi connectivity index (χ0v) is 23.5. The van der Waals surface area contributed by atoms with Gasteiger partial charge in [-0.05, 0) is 90.0 Å². The number of alkyl halides is 1. The van der Waals surface area contributed by atoms with E-state index in [0.717, 1.165) is 37.7 Å². The van der Waals surface area contributed by atoms with Gasteiger partial charge < -0.3 is 0 Å². The number of halogens is 1. The lowest BCUT2D eigenvalue weighted by atomic mass is 9.46. The summed E-state index contributed by atoms with van der Waals surface area (Å²) >= 11 is 3.99. The van der Waals surface area contributed by atoms with Crippen LogP contribution in [0.25, 0.3) is 0 Å². The maximum absolute atomic E-state index is 13.5. The minimum absolute atomic E-state index is 0.0242. The lowest BCUT2D eigenvalue weighted by Gasteiger charge is -2.61. The summed E-state index contributed by atoms with van der Waals surface area (Å²) in [6.45, 7) is 14.1. The van der Waals surface area contributed by atoms with Crippen LogP contribution in [-0.4, -0.2) is 39.8 Å². The van der Waals surface area contributed by atoms with E-state index in [9.17, 15) is 14.4 Å². The Labute approximate surface area is 213 Å². The molecule has 0 aliphatic heterocycles. The van der Waals surface area contributed by atoms with Crippen LogP contribution in [0.2, 0.25) is 0 Å². The summed E-state index contributed by atoms with van der Waals surface area (Å²) in [5, 5.41) is 0. The van der Waals surface area contributed by atoms with Gasteiger partial charge >= 0.3 is 0 Å². The van der Waals surface area contributed by atoms with E-state index >= 15 is 0 Å². The van der Waals surface area contributed by atoms with Crippen LogP contribution < -0.4 is 0 Å². The number of ketones is 3. The number of aliphatic imine (C=N–C) groups is 2. The topological polar surface area (TPSA) is 75.9 Å². The largest absolute Gasteiger partial charge is 0.300 e. The average molecular weight is 534 g/mol. The normalized spacial score (nSPS) is 38.6. The van der Waals surface area contributed by atoms with E-state index in [4.69, 9.17) is 0 Å². The third-order valence-corrected chi connectivity index (χ3v) is 10.8. The smallest absolute Gasteiger partial charge is 0.155 e. The van der Waals surface area contributed by atoms with Crippen LogP contribution in [0.5, 0.6) is 0 Å². The number of rotatable bonds is 3. The molecule has 34 heavy (non-hydrogen) atoms. The van der Waals surface area contributed by atoms with Crippen molar-refractivity contribution < 1.29 is 14.4 Å². The molecule has 0 amide bonds. The zero-order valence-electron chi connectivity index (χ0n) is 21.9. The molecular weight excluding hydrogens is 492 g/mol. The Kier molecular flexibility index (Phi) is 7.95. The Hall–Kier alpha value is -1.39. The van der Waals surface area contributed by atoms with Gasteiger partial charge in [0.25, 0.3) is 0 Å². The molecule has 0 aromatic rings. The van der Waals surface area contributed by atoms with E-state index < -0.39 is 4.32 Å². The number of carbonyl (C=O) groups is 3. The number of carbonyl (C=O) groups excluding carboxylic acids is 3. The molecule has 4 aliphatic rings. The zero-order chi connectivity index (χ0) is 25.5. The molecule has 0 N–H and O–H groups in total. The van der Waals surface area contributed by atoms with E-state index in [2.05, 4.69) is 45.8 Å². The van der Waals surface area contributed by atoms with Crippen molar-refractivity contribution in [2.45, 2.75) is 110 Å². The standard InChI is InChI=1S/C21H27BrO3.C7H14N2/c1-12(23)15-6-7-16-17-5-4-13-10-14(24)8-9-20(13,3)21(17,22)18(25)11-19(15,16)2;1-6(2)8-5-9-7(3)4/h10,15-17H,4-9,11H2,1-3H3;6-7H,1-4H3/t15-,16+,17+,19-,20+,21+;/m1./s1. The predicted octanol–water partition coefficient (Wildman–Crippen LogP) is 6.40. The maximum atomic E-state index is 13.5. The van der Waals surface area contributed by atoms with Gasteiger partial charge in [0.1, 0.15) is 5.78 Å². The van der Waals surface area contributed by atoms with Gasteiger partial charge in [0.2, 0.25) is 0 Å². The van der Waals surface area contributed by atoms with Crippen molar-refractivity contribution in [2.24, 2.45) is 38.6 Å². The first-order valence-electron chi connectivity index (χ1n) is 12.9. The van der Waals surface area contributed by atoms with Gasteiger partial charge in [-0.3, -0.25) is 14.4 Å². The quantitative estimate of drug-likeness (QED) is 0.311. The van der Waals surface area contributed by atoms with E-state index in [1.807, 2.05) is 33.8 Å². The maximum Gasteiger partial charge on any atom is 0.155 e. The SMILES string of the molecule is CC(=O)[C@H]1CC[C@H]2[C@@H]3CCC4=CC(=O)CC[C@]4(C)[C@@]3(Br)C(=O)C[C@]12C.CC(C)N=C=NC(C)C. The lowest BCUT2D eigenvalue weighted by molar-refractivity contribution is -0.143. The number of hydrogen-bond donors (Lipinski definition) is 0. The fourth-order valence-corrected chi connectivity index (χ4v) is 8.36. The molecule has 188 valence electrons. The minimum atomic E-state index is -0.569. The number of fused-ring (bicyclic) bond motifs is 5. The molecule has 4 aliphatic carbocycles. The summed E-state index contributed by atoms with van der Waals surface area (Å²) in [5.41, 5.74) is 0.707. The molecule has 4 rings (SSSR count). The van der Waals surface area contributed by atoms with Gasteiger partial charge in [-0.2, -0.15) is 0 Å². The molecule has 6 heteroatoms. The van der Waals surface area contributed by atoms with Crippen molar-refractivity contribution in [3.63, 3.8) is 0 Å². The molecule has 0 aromatic carbocycles. The predicted molar refractivity (Wildman–Crippen MR) is 140 cm³/mol. The molecule has 0 spiro atoms. The Morgan fingerprint density at radius 1 is 1.03 bits per heavy atom. The molecular formula is C28H41BrN2O3. The first-order valence-corrected chi connectivity index (χ1v) is 13.7. The van der Waals surface area contributed by atoms with Crippen molar-refractivity contribution in [1.82, 2.24) is 0 Å². The van der Waals surface area contributed by atoms with Crippen LogP contribution in [0.4, 0.5) is 0 Å². The number of allylic oxidation sites excluding steroid dienone is 1. The Balaban J connectivity index is 0.000000309. The summed E-state index contributed by atoms with van der Waals surface area (Å²) in [6.07, 6.45) is 7.40. The van der Waals surface area contributed by atoms with Crippen molar-refractivity contribution >= 4 is 39.3 Å². The highest BCUT2D eigenvalue weighted by Crippen LogP contribution is 2.69. The van der Waals surface area contributed by atoms with Gasteiger partial charge in [-0.1, -0.05) is 35.4 Å². The Morgan fingerprint density at radius 2 is 1.65 bits per heavy atom. The molecule has 3 saturated carbocycles. The minimum Gasteiger partial charge on any atom is -0.300 e. The summed E-state index contributed by atoms with van der Waals surface area (Å²) in [5.74, 6) is 1.40.